The van der Waals surface area contributed by atoms with Crippen molar-refractivity contribution in [1.82, 2.24) is 4.90 Å². The Hall–Kier alpha value is -3.80. The first-order chi connectivity index (χ1) is 17.9. The minimum Gasteiger partial charge on any atom is -0.448 e. The highest BCUT2D eigenvalue weighted by Crippen LogP contribution is 2.45. The van der Waals surface area contributed by atoms with Crippen LogP contribution in [0.1, 0.15) is 41.0 Å². The fourth-order valence-electron chi connectivity index (χ4n) is 6.13. The Labute approximate surface area is 212 Å². The first kappa shape index (κ1) is 23.6. The summed E-state index contributed by atoms with van der Waals surface area (Å²) < 4.78 is 40.1. The topological polar surface area (TPSA) is 82.8 Å². The lowest BCUT2D eigenvalue weighted by atomic mass is 9.76. The van der Waals surface area contributed by atoms with Gasteiger partial charge in [0, 0.05) is 18.8 Å². The number of piperidine rings is 1. The van der Waals surface area contributed by atoms with Crippen molar-refractivity contribution in [2.75, 3.05) is 19.8 Å². The van der Waals surface area contributed by atoms with E-state index in [4.69, 9.17) is 14.7 Å². The number of nitriles is 1. The summed E-state index contributed by atoms with van der Waals surface area (Å²) in [4.78, 5) is 14.9. The molecule has 3 aromatic carbocycles. The third kappa shape index (κ3) is 3.86. The SMILES string of the molecule is N#Cc1c(F)cc(C2(O)CC3COCC(C2)N3C(=O)OCC2c3ccccc3-c3ccccc32)cc1F. The van der Waals surface area contributed by atoms with Gasteiger partial charge in [0.05, 0.1) is 30.9 Å². The van der Waals surface area contributed by atoms with Crippen molar-refractivity contribution in [1.29, 1.82) is 5.26 Å². The second kappa shape index (κ2) is 8.94. The number of amides is 1. The molecule has 2 unspecified atom stereocenters. The lowest BCUT2D eigenvalue weighted by molar-refractivity contribution is -0.136. The highest BCUT2D eigenvalue weighted by Gasteiger charge is 2.50. The number of halogens is 2. The summed E-state index contributed by atoms with van der Waals surface area (Å²) >= 11 is 0. The van der Waals surface area contributed by atoms with E-state index in [9.17, 15) is 18.7 Å². The van der Waals surface area contributed by atoms with E-state index in [1.807, 2.05) is 36.4 Å². The van der Waals surface area contributed by atoms with Crippen LogP contribution in [-0.2, 0) is 15.1 Å². The van der Waals surface area contributed by atoms with Gasteiger partial charge < -0.3 is 14.6 Å². The van der Waals surface area contributed by atoms with E-state index in [2.05, 4.69) is 12.1 Å². The molecular formula is C29H24F2N2O4. The van der Waals surface area contributed by atoms with Crippen LogP contribution >= 0.6 is 0 Å². The van der Waals surface area contributed by atoms with E-state index in [-0.39, 0.29) is 44.1 Å². The third-order valence-electron chi connectivity index (χ3n) is 7.79. The first-order valence-electron chi connectivity index (χ1n) is 12.2. The van der Waals surface area contributed by atoms with Crippen LogP contribution in [-0.4, -0.2) is 48.0 Å². The summed E-state index contributed by atoms with van der Waals surface area (Å²) in [5.74, 6) is -2.13. The van der Waals surface area contributed by atoms with Crippen LogP contribution in [0.5, 0.6) is 0 Å². The van der Waals surface area contributed by atoms with Crippen LogP contribution in [0.3, 0.4) is 0 Å². The van der Waals surface area contributed by atoms with Gasteiger partial charge >= 0.3 is 6.09 Å². The minimum absolute atomic E-state index is 0.0263. The third-order valence-corrected chi connectivity index (χ3v) is 7.79. The predicted octanol–water partition coefficient (Wildman–Crippen LogP) is 4.84. The summed E-state index contributed by atoms with van der Waals surface area (Å²) in [6.07, 6.45) is -0.448. The van der Waals surface area contributed by atoms with Gasteiger partial charge in [-0.2, -0.15) is 5.26 Å². The largest absolute Gasteiger partial charge is 0.448 e. The Kier molecular flexibility index (Phi) is 5.70. The van der Waals surface area contributed by atoms with Gasteiger partial charge in [0.15, 0.2) is 0 Å². The van der Waals surface area contributed by atoms with Gasteiger partial charge in [0.25, 0.3) is 0 Å². The number of hydrogen-bond acceptors (Lipinski definition) is 5. The quantitative estimate of drug-likeness (QED) is 0.555. The Morgan fingerprint density at radius 1 is 1.03 bits per heavy atom. The molecule has 2 bridgehead atoms. The molecule has 2 saturated heterocycles. The zero-order chi connectivity index (χ0) is 25.7. The standard InChI is InChI=1S/C29H24F2N2O4/c30-26-9-17(10-27(31)24(26)13-32)29(35)11-18-14-36-15-19(12-29)33(18)28(34)37-16-25-22-7-3-1-5-20(22)21-6-2-4-8-23(21)25/h1-10,18-19,25,35H,11-12,14-16H2. The second-order valence-corrected chi connectivity index (χ2v) is 9.92. The molecule has 37 heavy (non-hydrogen) atoms. The molecule has 2 aliphatic heterocycles. The van der Waals surface area contributed by atoms with Crippen molar-refractivity contribution in [3.63, 3.8) is 0 Å². The van der Waals surface area contributed by atoms with E-state index in [0.29, 0.717) is 0 Å². The smallest absolute Gasteiger partial charge is 0.410 e. The Balaban J connectivity index is 1.21. The Morgan fingerprint density at radius 2 is 1.57 bits per heavy atom. The molecule has 0 saturated carbocycles. The number of nitrogens with zero attached hydrogens (tertiary/aromatic N) is 2. The summed E-state index contributed by atoms with van der Waals surface area (Å²) in [6, 6.07) is 18.6. The maximum Gasteiger partial charge on any atom is 0.410 e. The lowest BCUT2D eigenvalue weighted by Gasteiger charge is -2.51. The van der Waals surface area contributed by atoms with E-state index in [0.717, 1.165) is 34.4 Å². The van der Waals surface area contributed by atoms with Crippen molar-refractivity contribution in [2.24, 2.45) is 0 Å². The second-order valence-electron chi connectivity index (χ2n) is 9.92. The molecule has 0 spiro atoms. The monoisotopic (exact) mass is 502 g/mol. The van der Waals surface area contributed by atoms with Crippen molar-refractivity contribution >= 4 is 6.09 Å². The highest BCUT2D eigenvalue weighted by molar-refractivity contribution is 5.79. The lowest BCUT2D eigenvalue weighted by Crippen LogP contribution is -2.62. The van der Waals surface area contributed by atoms with Crippen molar-refractivity contribution in [2.45, 2.75) is 36.4 Å². The maximum atomic E-state index is 14.3. The Bertz CT molecular complexity index is 1350. The number of carbonyl (C=O) groups is 1. The normalized spacial score (nSPS) is 24.2. The van der Waals surface area contributed by atoms with Gasteiger partial charge in [0.1, 0.15) is 29.9 Å². The summed E-state index contributed by atoms with van der Waals surface area (Å²) in [7, 11) is 0. The van der Waals surface area contributed by atoms with Crippen molar-refractivity contribution in [3.05, 3.63) is 94.6 Å². The number of carbonyl (C=O) groups excluding carboxylic acids is 1. The van der Waals surface area contributed by atoms with Gasteiger partial charge in [-0.3, -0.25) is 4.90 Å². The average Bonchev–Trinajstić information content (AvgIpc) is 3.20. The number of hydrogen-bond donors (Lipinski definition) is 1. The van der Waals surface area contributed by atoms with E-state index in [1.165, 1.54) is 6.07 Å². The number of benzene rings is 3. The van der Waals surface area contributed by atoms with Crippen LogP contribution in [0, 0.1) is 23.0 Å². The van der Waals surface area contributed by atoms with Crippen LogP contribution in [0.4, 0.5) is 13.6 Å². The Morgan fingerprint density at radius 3 is 2.11 bits per heavy atom. The average molecular weight is 503 g/mol. The van der Waals surface area contributed by atoms with Crippen molar-refractivity contribution in [3.8, 4) is 17.2 Å². The molecule has 3 aromatic rings. The van der Waals surface area contributed by atoms with Crippen LogP contribution in [0.15, 0.2) is 60.7 Å². The van der Waals surface area contributed by atoms with E-state index >= 15 is 0 Å². The highest BCUT2D eigenvalue weighted by atomic mass is 19.1. The molecule has 1 amide bonds. The summed E-state index contributed by atoms with van der Waals surface area (Å²) in [6.45, 7) is 0.508. The number of rotatable bonds is 3. The van der Waals surface area contributed by atoms with Crippen LogP contribution < -0.4 is 0 Å². The molecule has 1 aliphatic carbocycles. The van der Waals surface area contributed by atoms with E-state index in [1.54, 1.807) is 4.90 Å². The molecule has 0 aromatic heterocycles. The van der Waals surface area contributed by atoms with Gasteiger partial charge in [-0.25, -0.2) is 13.6 Å². The fraction of sp³-hybridized carbons (Fsp3) is 0.310. The minimum atomic E-state index is -1.57. The maximum absolute atomic E-state index is 14.3. The van der Waals surface area contributed by atoms with Gasteiger partial charge in [-0.05, 0) is 39.9 Å². The molecule has 188 valence electrons. The molecule has 1 N–H and O–H groups in total. The zero-order valence-electron chi connectivity index (χ0n) is 19.9. The molecule has 2 heterocycles. The molecular weight excluding hydrogens is 478 g/mol. The molecule has 8 heteroatoms. The molecule has 6 nitrogen and oxygen atoms in total. The molecule has 0 radical (unpaired) electrons. The van der Waals surface area contributed by atoms with Gasteiger partial charge in [0.2, 0.25) is 0 Å². The summed E-state index contributed by atoms with van der Waals surface area (Å²) in [5, 5.41) is 20.4. The molecule has 2 atom stereocenters. The number of ether oxygens (including phenoxy) is 2. The van der Waals surface area contributed by atoms with Crippen LogP contribution in [0.25, 0.3) is 11.1 Å². The van der Waals surface area contributed by atoms with Crippen molar-refractivity contribution < 1.29 is 28.2 Å². The number of morpholine rings is 1. The molecule has 2 fully saturated rings. The number of fused-ring (bicyclic) bond motifs is 5. The van der Waals surface area contributed by atoms with Crippen LogP contribution in [0.2, 0.25) is 0 Å². The molecule has 3 aliphatic rings. The first-order valence-corrected chi connectivity index (χ1v) is 12.2. The number of aliphatic hydroxyl groups is 1. The van der Waals surface area contributed by atoms with Gasteiger partial charge in [-0.15, -0.1) is 0 Å². The van der Waals surface area contributed by atoms with Gasteiger partial charge in [-0.1, -0.05) is 48.5 Å². The summed E-state index contributed by atoms with van der Waals surface area (Å²) in [5.41, 5.74) is 2.27. The fourth-order valence-corrected chi connectivity index (χ4v) is 6.13. The molecule has 6 rings (SSSR count). The predicted molar refractivity (Wildman–Crippen MR) is 130 cm³/mol. The zero-order valence-corrected chi connectivity index (χ0v) is 19.9. The van der Waals surface area contributed by atoms with E-state index < -0.39 is 41.0 Å².